The second-order valence-corrected chi connectivity index (χ2v) is 3.60. The van der Waals surface area contributed by atoms with Crippen LogP contribution in [0.3, 0.4) is 0 Å². The molecule has 15 heavy (non-hydrogen) atoms. The number of carbonyl (C=O) groups is 1. The van der Waals surface area contributed by atoms with Crippen LogP contribution in [0.5, 0.6) is 0 Å². The largest absolute Gasteiger partial charge is 0.346 e. The Kier molecular flexibility index (Phi) is 8.62. The average Bonchev–Trinajstić information content (AvgIpc) is 2.25. The monoisotopic (exact) mass is 216 g/mol. The summed E-state index contributed by atoms with van der Waals surface area (Å²) in [5, 5.41) is 0. The molecule has 0 atom stereocenters. The molecule has 0 unspecified atom stereocenters. The molecule has 0 amide bonds. The van der Waals surface area contributed by atoms with Gasteiger partial charge in [-0.3, -0.25) is 4.79 Å². The van der Waals surface area contributed by atoms with Crippen LogP contribution in [0.2, 0.25) is 0 Å². The van der Waals surface area contributed by atoms with Gasteiger partial charge in [0.1, 0.15) is 0 Å². The summed E-state index contributed by atoms with van der Waals surface area (Å²) in [4.78, 5) is 11.8. The Morgan fingerprint density at radius 3 is 1.80 bits per heavy atom. The highest BCUT2D eigenvalue weighted by atomic mass is 16.7. The number of ether oxygens (including phenoxy) is 2. The Labute approximate surface area is 93.1 Å². The zero-order chi connectivity index (χ0) is 11.7. The van der Waals surface area contributed by atoms with Gasteiger partial charge < -0.3 is 9.47 Å². The summed E-state index contributed by atoms with van der Waals surface area (Å²) in [6.45, 7) is 8.99. The number of rotatable bonds is 9. The molecule has 90 valence electrons. The zero-order valence-corrected chi connectivity index (χ0v) is 10.4. The van der Waals surface area contributed by atoms with Crippen molar-refractivity contribution in [3.05, 3.63) is 0 Å². The predicted octanol–water partition coefficient (Wildman–Crippen LogP) is 2.78. The zero-order valence-electron chi connectivity index (χ0n) is 10.4. The molecule has 0 saturated heterocycles. The van der Waals surface area contributed by atoms with E-state index in [1.807, 2.05) is 13.8 Å². The van der Waals surface area contributed by atoms with Crippen molar-refractivity contribution in [3.8, 4) is 0 Å². The van der Waals surface area contributed by atoms with E-state index in [1.54, 1.807) is 0 Å². The fourth-order valence-electron chi connectivity index (χ4n) is 1.49. The topological polar surface area (TPSA) is 35.5 Å². The summed E-state index contributed by atoms with van der Waals surface area (Å²) in [5.74, 6) is 0.535. The summed E-state index contributed by atoms with van der Waals surface area (Å²) < 4.78 is 10.5. The quantitative estimate of drug-likeness (QED) is 0.556. The van der Waals surface area contributed by atoms with Gasteiger partial charge in [0.25, 0.3) is 0 Å². The van der Waals surface area contributed by atoms with Crippen LogP contribution in [0.1, 0.15) is 47.0 Å². The highest BCUT2D eigenvalue weighted by Gasteiger charge is 2.21. The van der Waals surface area contributed by atoms with Gasteiger partial charge in [-0.2, -0.15) is 0 Å². The first-order valence-corrected chi connectivity index (χ1v) is 5.95. The lowest BCUT2D eigenvalue weighted by Gasteiger charge is -2.18. The van der Waals surface area contributed by atoms with Crippen LogP contribution in [0, 0.1) is 5.92 Å². The second-order valence-electron chi connectivity index (χ2n) is 3.60. The van der Waals surface area contributed by atoms with Crippen molar-refractivity contribution in [3.63, 3.8) is 0 Å². The van der Waals surface area contributed by atoms with Gasteiger partial charge in [-0.15, -0.1) is 0 Å². The number of Topliss-reactive ketones (excluding diaryl/α,β-unsaturated/α-hetero) is 1. The van der Waals surface area contributed by atoms with Crippen molar-refractivity contribution in [1.82, 2.24) is 0 Å². The van der Waals surface area contributed by atoms with Crippen molar-refractivity contribution < 1.29 is 14.3 Å². The number of hydrogen-bond acceptors (Lipinski definition) is 3. The molecule has 0 aromatic carbocycles. The van der Waals surface area contributed by atoms with Gasteiger partial charge in [0.15, 0.2) is 5.78 Å². The summed E-state index contributed by atoms with van der Waals surface area (Å²) >= 11 is 0. The van der Waals surface area contributed by atoms with Crippen molar-refractivity contribution in [2.24, 2.45) is 5.92 Å². The maximum atomic E-state index is 11.8. The molecule has 0 N–H and O–H groups in total. The molecule has 0 aromatic rings. The van der Waals surface area contributed by atoms with Crippen molar-refractivity contribution in [2.45, 2.75) is 53.2 Å². The van der Waals surface area contributed by atoms with Crippen LogP contribution in [0.15, 0.2) is 0 Å². The maximum Gasteiger partial charge on any atom is 0.217 e. The van der Waals surface area contributed by atoms with E-state index >= 15 is 0 Å². The Hall–Kier alpha value is -0.410. The van der Waals surface area contributed by atoms with E-state index in [1.165, 1.54) is 0 Å². The molecule has 0 saturated carbocycles. The molecule has 0 aromatic heterocycles. The lowest BCUT2D eigenvalue weighted by Crippen LogP contribution is -2.29. The molecule has 3 nitrogen and oxygen atoms in total. The van der Waals surface area contributed by atoms with Crippen LogP contribution in [-0.4, -0.2) is 25.3 Å². The van der Waals surface area contributed by atoms with E-state index in [2.05, 4.69) is 13.8 Å². The lowest BCUT2D eigenvalue weighted by molar-refractivity contribution is -0.168. The predicted molar refractivity (Wildman–Crippen MR) is 60.7 cm³/mol. The normalized spacial score (nSPS) is 11.3. The summed E-state index contributed by atoms with van der Waals surface area (Å²) in [5.41, 5.74) is 0. The van der Waals surface area contributed by atoms with Gasteiger partial charge in [-0.1, -0.05) is 26.7 Å². The Morgan fingerprint density at radius 1 is 1.00 bits per heavy atom. The van der Waals surface area contributed by atoms with E-state index < -0.39 is 6.29 Å². The Morgan fingerprint density at radius 2 is 1.47 bits per heavy atom. The van der Waals surface area contributed by atoms with Crippen LogP contribution >= 0.6 is 0 Å². The van der Waals surface area contributed by atoms with E-state index in [-0.39, 0.29) is 5.78 Å². The highest BCUT2D eigenvalue weighted by molar-refractivity contribution is 5.82. The van der Waals surface area contributed by atoms with E-state index in [4.69, 9.17) is 9.47 Å². The molecule has 0 aliphatic rings. The molecule has 0 fully saturated rings. The molecule has 0 rings (SSSR count). The second kappa shape index (κ2) is 8.86. The van der Waals surface area contributed by atoms with Crippen LogP contribution < -0.4 is 0 Å². The third kappa shape index (κ3) is 5.90. The molecular weight excluding hydrogens is 192 g/mol. The number of hydrogen-bond donors (Lipinski definition) is 0. The molecule has 3 heteroatoms. The van der Waals surface area contributed by atoms with Gasteiger partial charge in [-0.05, 0) is 19.8 Å². The minimum atomic E-state index is -0.652. The van der Waals surface area contributed by atoms with Gasteiger partial charge in [0, 0.05) is 19.6 Å². The third-order valence-electron chi connectivity index (χ3n) is 2.54. The van der Waals surface area contributed by atoms with Gasteiger partial charge in [0.05, 0.1) is 0 Å². The fourth-order valence-corrected chi connectivity index (χ4v) is 1.49. The molecule has 0 bridgehead atoms. The van der Waals surface area contributed by atoms with Crippen LogP contribution in [0.4, 0.5) is 0 Å². The molecule has 0 heterocycles. The first kappa shape index (κ1) is 14.6. The summed E-state index contributed by atoms with van der Waals surface area (Å²) in [6.07, 6.45) is 1.98. The molecule has 0 radical (unpaired) electrons. The van der Waals surface area contributed by atoms with Crippen molar-refractivity contribution >= 4 is 5.78 Å². The Balaban J connectivity index is 4.10. The molecule has 0 spiro atoms. The average molecular weight is 216 g/mol. The van der Waals surface area contributed by atoms with Crippen molar-refractivity contribution in [2.75, 3.05) is 13.2 Å². The molecule has 0 aliphatic carbocycles. The van der Waals surface area contributed by atoms with Crippen LogP contribution in [-0.2, 0) is 14.3 Å². The van der Waals surface area contributed by atoms with Crippen molar-refractivity contribution in [1.29, 1.82) is 0 Å². The standard InChI is InChI=1S/C12H24O3/c1-5-10(6-2)9-11(13)12(14-7-3)15-8-4/h10,12H,5-9H2,1-4H3. The van der Waals surface area contributed by atoms with E-state index in [9.17, 15) is 4.79 Å². The van der Waals surface area contributed by atoms with E-state index in [0.29, 0.717) is 25.6 Å². The summed E-state index contributed by atoms with van der Waals surface area (Å²) in [6, 6.07) is 0. The van der Waals surface area contributed by atoms with Crippen LogP contribution in [0.25, 0.3) is 0 Å². The first-order chi connectivity index (χ1) is 7.19. The number of carbonyl (C=O) groups excluding carboxylic acids is 1. The SMILES string of the molecule is CCOC(OCC)C(=O)CC(CC)CC. The summed E-state index contributed by atoms with van der Waals surface area (Å²) in [7, 11) is 0. The third-order valence-corrected chi connectivity index (χ3v) is 2.54. The van der Waals surface area contributed by atoms with Gasteiger partial charge >= 0.3 is 0 Å². The smallest absolute Gasteiger partial charge is 0.217 e. The fraction of sp³-hybridized carbons (Fsp3) is 0.917. The molecule has 0 aliphatic heterocycles. The molecular formula is C12H24O3. The maximum absolute atomic E-state index is 11.8. The van der Waals surface area contributed by atoms with Gasteiger partial charge in [-0.25, -0.2) is 0 Å². The Bertz CT molecular complexity index is 158. The minimum absolute atomic E-state index is 0.0763. The lowest BCUT2D eigenvalue weighted by atomic mass is 9.97. The minimum Gasteiger partial charge on any atom is -0.346 e. The first-order valence-electron chi connectivity index (χ1n) is 5.95. The highest BCUT2D eigenvalue weighted by Crippen LogP contribution is 2.15. The van der Waals surface area contributed by atoms with E-state index in [0.717, 1.165) is 12.8 Å². The van der Waals surface area contributed by atoms with Gasteiger partial charge in [0.2, 0.25) is 6.29 Å². The number of ketones is 1.